The summed E-state index contributed by atoms with van der Waals surface area (Å²) in [6, 6.07) is 12.1. The van der Waals surface area contributed by atoms with Crippen molar-refractivity contribution in [1.82, 2.24) is 5.32 Å². The summed E-state index contributed by atoms with van der Waals surface area (Å²) in [4.78, 5) is 12.6. The number of halogens is 2. The van der Waals surface area contributed by atoms with Crippen LogP contribution >= 0.6 is 23.2 Å². The van der Waals surface area contributed by atoms with Crippen LogP contribution in [-0.4, -0.2) is 27.1 Å². The number of nitrogens with one attached hydrogen (secondary N) is 1. The fraction of sp³-hybridized carbons (Fsp3) is 0.316. The first kappa shape index (κ1) is 21.5. The van der Waals surface area contributed by atoms with Crippen LogP contribution in [-0.2, 0) is 14.8 Å². The molecule has 0 radical (unpaired) electrons. The van der Waals surface area contributed by atoms with Gasteiger partial charge in [-0.2, -0.15) is 0 Å². The Labute approximate surface area is 170 Å². The lowest BCUT2D eigenvalue weighted by molar-refractivity contribution is -0.120. The van der Waals surface area contributed by atoms with E-state index in [-0.39, 0.29) is 23.3 Å². The van der Waals surface area contributed by atoms with Gasteiger partial charge in [0.15, 0.2) is 0 Å². The van der Waals surface area contributed by atoms with Crippen LogP contribution in [0, 0.1) is 6.92 Å². The predicted molar refractivity (Wildman–Crippen MR) is 111 cm³/mol. The smallest absolute Gasteiger partial charge is 0.241 e. The zero-order valence-corrected chi connectivity index (χ0v) is 17.7. The molecule has 0 heterocycles. The van der Waals surface area contributed by atoms with E-state index in [9.17, 15) is 13.2 Å². The maximum absolute atomic E-state index is 12.6. The number of sulfonamides is 1. The number of carbonyl (C=O) groups is 1. The van der Waals surface area contributed by atoms with Crippen molar-refractivity contribution in [3.8, 4) is 0 Å². The third kappa shape index (κ3) is 5.86. The summed E-state index contributed by atoms with van der Waals surface area (Å²) < 4.78 is 25.4. The SMILES string of the molecule is CC[C@@H](NC(=O)CN(c1cc(Cl)ccc1Cl)S(C)(=O)=O)c1ccc(C)cc1. The summed E-state index contributed by atoms with van der Waals surface area (Å²) in [6.07, 6.45) is 1.69. The van der Waals surface area contributed by atoms with Crippen molar-refractivity contribution in [2.45, 2.75) is 26.3 Å². The largest absolute Gasteiger partial charge is 0.348 e. The first-order valence-electron chi connectivity index (χ1n) is 8.40. The van der Waals surface area contributed by atoms with Crippen LogP contribution in [0.15, 0.2) is 42.5 Å². The van der Waals surface area contributed by atoms with Gasteiger partial charge in [-0.05, 0) is 37.1 Å². The van der Waals surface area contributed by atoms with Crippen molar-refractivity contribution in [3.05, 3.63) is 63.6 Å². The fourth-order valence-electron chi connectivity index (χ4n) is 2.65. The van der Waals surface area contributed by atoms with Gasteiger partial charge < -0.3 is 5.32 Å². The zero-order valence-electron chi connectivity index (χ0n) is 15.4. The van der Waals surface area contributed by atoms with E-state index in [2.05, 4.69) is 5.32 Å². The molecule has 1 amide bonds. The van der Waals surface area contributed by atoms with Crippen LogP contribution in [0.4, 0.5) is 5.69 Å². The average Bonchev–Trinajstić information content (AvgIpc) is 2.60. The summed E-state index contributed by atoms with van der Waals surface area (Å²) in [5, 5.41) is 3.41. The molecule has 27 heavy (non-hydrogen) atoms. The second kappa shape index (κ2) is 8.95. The van der Waals surface area contributed by atoms with Crippen LogP contribution < -0.4 is 9.62 Å². The molecule has 0 aliphatic carbocycles. The zero-order chi connectivity index (χ0) is 20.2. The van der Waals surface area contributed by atoms with E-state index in [0.29, 0.717) is 11.4 Å². The Bertz CT molecular complexity index is 915. The summed E-state index contributed by atoms with van der Waals surface area (Å²) in [5.74, 6) is -0.427. The molecule has 0 saturated carbocycles. The molecule has 0 spiro atoms. The van der Waals surface area contributed by atoms with Crippen molar-refractivity contribution < 1.29 is 13.2 Å². The molecule has 1 N–H and O–H groups in total. The molecule has 2 aromatic carbocycles. The van der Waals surface area contributed by atoms with Gasteiger partial charge in [-0.3, -0.25) is 9.10 Å². The number of hydrogen-bond donors (Lipinski definition) is 1. The lowest BCUT2D eigenvalue weighted by atomic mass is 10.0. The molecule has 8 heteroatoms. The van der Waals surface area contributed by atoms with Crippen LogP contribution in [0.3, 0.4) is 0 Å². The van der Waals surface area contributed by atoms with E-state index >= 15 is 0 Å². The standard InChI is InChI=1S/C19H22Cl2N2O3S/c1-4-17(14-7-5-13(2)6-8-14)22-19(24)12-23(27(3,25)26)18-11-15(20)9-10-16(18)21/h5-11,17H,4,12H2,1-3H3,(H,22,24)/t17-/m1/s1. The van der Waals surface area contributed by atoms with Gasteiger partial charge in [-0.25, -0.2) is 8.42 Å². The Morgan fingerprint density at radius 1 is 1.15 bits per heavy atom. The van der Waals surface area contributed by atoms with Gasteiger partial charge in [-0.1, -0.05) is 60.0 Å². The summed E-state index contributed by atoms with van der Waals surface area (Å²) >= 11 is 12.1. The number of anilines is 1. The number of rotatable bonds is 7. The molecule has 0 aliphatic rings. The van der Waals surface area contributed by atoms with Crippen LogP contribution in [0.25, 0.3) is 0 Å². The van der Waals surface area contributed by atoms with Crippen molar-refractivity contribution in [1.29, 1.82) is 0 Å². The van der Waals surface area contributed by atoms with Crippen LogP contribution in [0.1, 0.15) is 30.5 Å². The molecule has 0 aliphatic heterocycles. The van der Waals surface area contributed by atoms with Crippen molar-refractivity contribution in [3.63, 3.8) is 0 Å². The van der Waals surface area contributed by atoms with E-state index in [1.54, 1.807) is 6.07 Å². The average molecular weight is 429 g/mol. The molecule has 146 valence electrons. The Morgan fingerprint density at radius 3 is 2.33 bits per heavy atom. The third-order valence-corrected chi connectivity index (χ3v) is 5.77. The lowest BCUT2D eigenvalue weighted by Crippen LogP contribution is -2.41. The molecular formula is C19H22Cl2N2O3S. The summed E-state index contributed by atoms with van der Waals surface area (Å²) in [6.45, 7) is 3.55. The maximum atomic E-state index is 12.6. The second-order valence-electron chi connectivity index (χ2n) is 6.30. The normalized spacial score (nSPS) is 12.5. The van der Waals surface area contributed by atoms with Gasteiger partial charge in [0.2, 0.25) is 15.9 Å². The highest BCUT2D eigenvalue weighted by molar-refractivity contribution is 7.92. The Morgan fingerprint density at radius 2 is 1.78 bits per heavy atom. The molecule has 0 aromatic heterocycles. The van der Waals surface area contributed by atoms with E-state index in [0.717, 1.165) is 21.7 Å². The minimum atomic E-state index is -3.74. The lowest BCUT2D eigenvalue weighted by Gasteiger charge is -2.25. The molecule has 0 unspecified atom stereocenters. The van der Waals surface area contributed by atoms with Gasteiger partial charge in [0.1, 0.15) is 6.54 Å². The highest BCUT2D eigenvalue weighted by Gasteiger charge is 2.24. The molecule has 2 aromatic rings. The minimum absolute atomic E-state index is 0.171. The number of benzene rings is 2. The monoisotopic (exact) mass is 428 g/mol. The van der Waals surface area contributed by atoms with Gasteiger partial charge >= 0.3 is 0 Å². The molecule has 2 rings (SSSR count). The molecular weight excluding hydrogens is 407 g/mol. The van der Waals surface area contributed by atoms with E-state index in [1.807, 2.05) is 38.1 Å². The highest BCUT2D eigenvalue weighted by atomic mass is 35.5. The van der Waals surface area contributed by atoms with E-state index in [1.165, 1.54) is 12.1 Å². The second-order valence-corrected chi connectivity index (χ2v) is 9.05. The van der Waals surface area contributed by atoms with Gasteiger partial charge in [0, 0.05) is 5.02 Å². The highest BCUT2D eigenvalue weighted by Crippen LogP contribution is 2.30. The first-order valence-corrected chi connectivity index (χ1v) is 11.0. The number of hydrogen-bond acceptors (Lipinski definition) is 3. The molecule has 5 nitrogen and oxygen atoms in total. The van der Waals surface area contributed by atoms with Crippen LogP contribution in [0.2, 0.25) is 10.0 Å². The van der Waals surface area contributed by atoms with Gasteiger partial charge in [-0.15, -0.1) is 0 Å². The predicted octanol–water partition coefficient (Wildman–Crippen LogP) is 4.34. The Balaban J connectivity index is 2.23. The fourth-order valence-corrected chi connectivity index (χ4v) is 3.94. The molecule has 1 atom stereocenters. The summed E-state index contributed by atoms with van der Waals surface area (Å²) in [7, 11) is -3.74. The molecule has 0 fully saturated rings. The number of carbonyl (C=O) groups excluding carboxylic acids is 1. The van der Waals surface area contributed by atoms with E-state index < -0.39 is 15.9 Å². The first-order chi connectivity index (χ1) is 12.6. The van der Waals surface area contributed by atoms with Gasteiger partial charge in [0.25, 0.3) is 0 Å². The number of nitrogens with zero attached hydrogens (tertiary/aromatic N) is 1. The van der Waals surface area contributed by atoms with Gasteiger partial charge in [0.05, 0.1) is 23.0 Å². The third-order valence-electron chi connectivity index (χ3n) is 4.09. The topological polar surface area (TPSA) is 66.5 Å². The van der Waals surface area contributed by atoms with Crippen molar-refractivity contribution in [2.75, 3.05) is 17.1 Å². The number of aryl methyl sites for hydroxylation is 1. The maximum Gasteiger partial charge on any atom is 0.241 e. The van der Waals surface area contributed by atoms with Crippen molar-refractivity contribution in [2.24, 2.45) is 0 Å². The van der Waals surface area contributed by atoms with Crippen molar-refractivity contribution >= 4 is 44.8 Å². The quantitative estimate of drug-likeness (QED) is 0.712. The van der Waals surface area contributed by atoms with E-state index in [4.69, 9.17) is 23.2 Å². The minimum Gasteiger partial charge on any atom is -0.348 e. The molecule has 0 saturated heterocycles. The number of amides is 1. The molecule has 0 bridgehead atoms. The summed E-state index contributed by atoms with van der Waals surface area (Å²) in [5.41, 5.74) is 2.26. The Hall–Kier alpha value is -1.76. The Kier molecular flexibility index (Phi) is 7.14. The van der Waals surface area contributed by atoms with Crippen LogP contribution in [0.5, 0.6) is 0 Å².